The van der Waals surface area contributed by atoms with Crippen molar-refractivity contribution in [2.24, 2.45) is 5.73 Å². The number of primary amides is 1. The van der Waals surface area contributed by atoms with Crippen LogP contribution in [0.5, 0.6) is 5.75 Å². The highest BCUT2D eigenvalue weighted by atomic mass is 16.5. The van der Waals surface area contributed by atoms with Crippen LogP contribution in [0.4, 0.5) is 0 Å². The Morgan fingerprint density at radius 1 is 1.10 bits per heavy atom. The topological polar surface area (TPSA) is 93.0 Å². The maximum atomic E-state index is 11.7. The monoisotopic (exact) mass is 400 g/mol. The first-order chi connectivity index (χ1) is 14.7. The minimum atomic E-state index is -0.366. The van der Waals surface area contributed by atoms with E-state index in [1.54, 1.807) is 0 Å². The van der Waals surface area contributed by atoms with Gasteiger partial charge < -0.3 is 20.8 Å². The quantitative estimate of drug-likeness (QED) is 0.478. The molecule has 30 heavy (non-hydrogen) atoms. The van der Waals surface area contributed by atoms with Crippen molar-refractivity contribution in [3.8, 4) is 17.0 Å². The molecule has 5 rings (SSSR count). The molecule has 6 nitrogen and oxygen atoms in total. The molecular formula is C24H24N4O2. The third-order valence-corrected chi connectivity index (χ3v) is 5.63. The van der Waals surface area contributed by atoms with Gasteiger partial charge in [-0.2, -0.15) is 0 Å². The summed E-state index contributed by atoms with van der Waals surface area (Å²) in [5.74, 6) is 0.482. The molecule has 4 N–H and O–H groups in total. The first-order valence-corrected chi connectivity index (χ1v) is 10.3. The van der Waals surface area contributed by atoms with Crippen molar-refractivity contribution in [3.05, 3.63) is 60.2 Å². The number of benzene rings is 2. The van der Waals surface area contributed by atoms with E-state index in [4.69, 9.17) is 15.5 Å². The lowest BCUT2D eigenvalue weighted by atomic mass is 10.0. The fourth-order valence-corrected chi connectivity index (χ4v) is 4.16. The van der Waals surface area contributed by atoms with Gasteiger partial charge in [0.15, 0.2) is 0 Å². The van der Waals surface area contributed by atoms with E-state index >= 15 is 0 Å². The second kappa shape index (κ2) is 7.80. The number of carbonyl (C=O) groups excluding carboxylic acids is 1. The minimum absolute atomic E-state index is 0.157. The van der Waals surface area contributed by atoms with E-state index in [2.05, 4.69) is 10.3 Å². The molecule has 1 fully saturated rings. The fraction of sp³-hybridized carbons (Fsp3) is 0.250. The molecule has 0 saturated carbocycles. The Morgan fingerprint density at radius 3 is 2.67 bits per heavy atom. The van der Waals surface area contributed by atoms with Gasteiger partial charge in [-0.15, -0.1) is 0 Å². The molecule has 1 aliphatic heterocycles. The standard InChI is InChI=1S/C24H24N4O2/c25-22(29)13-16-12-20(15-4-2-1-3-5-15)27-24-19-7-6-18(14-21(19)28-23(16)24)30-17-8-10-26-11-9-17/h1-7,12,14,17,26,28H,8-11,13H2,(H2,25,29). The number of aromatic amines is 1. The Hall–Kier alpha value is -3.38. The summed E-state index contributed by atoms with van der Waals surface area (Å²) in [7, 11) is 0. The number of nitrogens with one attached hydrogen (secondary N) is 2. The van der Waals surface area contributed by atoms with Crippen LogP contribution < -0.4 is 15.8 Å². The van der Waals surface area contributed by atoms with Gasteiger partial charge in [-0.3, -0.25) is 4.79 Å². The zero-order chi connectivity index (χ0) is 20.5. The summed E-state index contributed by atoms with van der Waals surface area (Å²) in [6.07, 6.45) is 2.41. The molecule has 1 amide bonds. The number of carbonyl (C=O) groups is 1. The highest BCUT2D eigenvalue weighted by Gasteiger charge is 2.17. The first kappa shape index (κ1) is 18.6. The zero-order valence-corrected chi connectivity index (χ0v) is 16.7. The number of nitrogens with two attached hydrogens (primary N) is 1. The van der Waals surface area contributed by atoms with Crippen LogP contribution in [0.15, 0.2) is 54.6 Å². The summed E-state index contributed by atoms with van der Waals surface area (Å²) in [5, 5.41) is 4.36. The number of H-pyrrole nitrogens is 1. The zero-order valence-electron chi connectivity index (χ0n) is 16.7. The second-order valence-electron chi connectivity index (χ2n) is 7.80. The van der Waals surface area contributed by atoms with E-state index in [0.29, 0.717) is 0 Å². The summed E-state index contributed by atoms with van der Waals surface area (Å²) in [5.41, 5.74) is 10.9. The molecule has 152 valence electrons. The molecule has 0 spiro atoms. The molecule has 2 aromatic carbocycles. The van der Waals surface area contributed by atoms with Crippen molar-refractivity contribution in [1.82, 2.24) is 15.3 Å². The van der Waals surface area contributed by atoms with Crippen LogP contribution in [-0.4, -0.2) is 35.1 Å². The van der Waals surface area contributed by atoms with E-state index in [1.807, 2.05) is 54.6 Å². The van der Waals surface area contributed by atoms with Crippen LogP contribution in [0, 0.1) is 0 Å². The van der Waals surface area contributed by atoms with E-state index in [-0.39, 0.29) is 18.4 Å². The van der Waals surface area contributed by atoms with Gasteiger partial charge in [0.05, 0.1) is 28.7 Å². The molecule has 0 aliphatic carbocycles. The highest BCUT2D eigenvalue weighted by molar-refractivity contribution is 6.07. The number of fused-ring (bicyclic) bond motifs is 3. The average Bonchev–Trinajstić information content (AvgIpc) is 3.13. The SMILES string of the molecule is NC(=O)Cc1cc(-c2ccccc2)nc2c1[nH]c1cc(OC3CCNCC3)ccc12. The largest absolute Gasteiger partial charge is 0.490 e. The van der Waals surface area contributed by atoms with Crippen molar-refractivity contribution in [2.75, 3.05) is 13.1 Å². The molecule has 3 heterocycles. The summed E-state index contributed by atoms with van der Waals surface area (Å²) in [6, 6.07) is 18.0. The number of hydrogen-bond acceptors (Lipinski definition) is 4. The Kier molecular flexibility index (Phi) is 4.85. The van der Waals surface area contributed by atoms with E-state index in [9.17, 15) is 4.79 Å². The van der Waals surface area contributed by atoms with Gasteiger partial charge in [0, 0.05) is 17.0 Å². The van der Waals surface area contributed by atoms with Crippen LogP contribution >= 0.6 is 0 Å². The third-order valence-electron chi connectivity index (χ3n) is 5.63. The van der Waals surface area contributed by atoms with Crippen LogP contribution in [0.1, 0.15) is 18.4 Å². The number of amides is 1. The van der Waals surface area contributed by atoms with E-state index in [0.717, 1.165) is 70.4 Å². The number of pyridine rings is 1. The lowest BCUT2D eigenvalue weighted by Gasteiger charge is -2.23. The highest BCUT2D eigenvalue weighted by Crippen LogP contribution is 2.32. The van der Waals surface area contributed by atoms with Crippen LogP contribution in [0.2, 0.25) is 0 Å². The molecule has 0 bridgehead atoms. The van der Waals surface area contributed by atoms with Gasteiger partial charge in [-0.1, -0.05) is 30.3 Å². The van der Waals surface area contributed by atoms with Gasteiger partial charge in [-0.05, 0) is 49.7 Å². The number of hydrogen-bond donors (Lipinski definition) is 3. The lowest BCUT2D eigenvalue weighted by molar-refractivity contribution is -0.117. The van der Waals surface area contributed by atoms with Crippen molar-refractivity contribution in [3.63, 3.8) is 0 Å². The predicted molar refractivity (Wildman–Crippen MR) is 118 cm³/mol. The Morgan fingerprint density at radius 2 is 1.90 bits per heavy atom. The minimum Gasteiger partial charge on any atom is -0.490 e. The van der Waals surface area contributed by atoms with Gasteiger partial charge in [0.1, 0.15) is 11.9 Å². The summed E-state index contributed by atoms with van der Waals surface area (Å²) in [4.78, 5) is 20.1. The molecule has 0 atom stereocenters. The van der Waals surface area contributed by atoms with Crippen molar-refractivity contribution in [1.29, 1.82) is 0 Å². The van der Waals surface area contributed by atoms with Crippen LogP contribution in [-0.2, 0) is 11.2 Å². The number of nitrogens with zero attached hydrogens (tertiary/aromatic N) is 1. The van der Waals surface area contributed by atoms with Gasteiger partial charge >= 0.3 is 0 Å². The molecule has 2 aromatic heterocycles. The summed E-state index contributed by atoms with van der Waals surface area (Å²) < 4.78 is 6.19. The predicted octanol–water partition coefficient (Wildman–Crippen LogP) is 3.54. The van der Waals surface area contributed by atoms with Gasteiger partial charge in [-0.25, -0.2) is 4.98 Å². The Balaban J connectivity index is 1.61. The Labute approximate surface area is 174 Å². The normalized spacial score (nSPS) is 14.9. The third kappa shape index (κ3) is 3.62. The van der Waals surface area contributed by atoms with E-state index < -0.39 is 0 Å². The number of piperidine rings is 1. The summed E-state index contributed by atoms with van der Waals surface area (Å²) in [6.45, 7) is 1.98. The molecular weight excluding hydrogens is 376 g/mol. The number of rotatable bonds is 5. The molecule has 0 radical (unpaired) electrons. The van der Waals surface area contributed by atoms with Crippen molar-refractivity contribution >= 4 is 27.8 Å². The molecule has 0 unspecified atom stereocenters. The smallest absolute Gasteiger partial charge is 0.221 e. The first-order valence-electron chi connectivity index (χ1n) is 10.3. The second-order valence-corrected chi connectivity index (χ2v) is 7.80. The average molecular weight is 400 g/mol. The van der Waals surface area contributed by atoms with Crippen LogP contribution in [0.25, 0.3) is 33.2 Å². The molecule has 4 aromatic rings. The van der Waals surface area contributed by atoms with Crippen LogP contribution in [0.3, 0.4) is 0 Å². The fourth-order valence-electron chi connectivity index (χ4n) is 4.16. The number of ether oxygens (including phenoxy) is 1. The van der Waals surface area contributed by atoms with Gasteiger partial charge in [0.25, 0.3) is 0 Å². The molecule has 6 heteroatoms. The Bertz CT molecular complexity index is 1210. The summed E-state index contributed by atoms with van der Waals surface area (Å²) >= 11 is 0. The molecule has 1 aliphatic rings. The van der Waals surface area contributed by atoms with Crippen molar-refractivity contribution in [2.45, 2.75) is 25.4 Å². The van der Waals surface area contributed by atoms with E-state index in [1.165, 1.54) is 0 Å². The lowest BCUT2D eigenvalue weighted by Crippen LogP contribution is -2.34. The maximum absolute atomic E-state index is 11.7. The molecule has 1 saturated heterocycles. The number of aromatic nitrogens is 2. The van der Waals surface area contributed by atoms with Crippen molar-refractivity contribution < 1.29 is 9.53 Å². The van der Waals surface area contributed by atoms with Gasteiger partial charge in [0.2, 0.25) is 5.91 Å². The maximum Gasteiger partial charge on any atom is 0.221 e.